The Morgan fingerprint density at radius 3 is 2.74 bits per heavy atom. The van der Waals surface area contributed by atoms with Crippen molar-refractivity contribution in [3.63, 3.8) is 0 Å². The van der Waals surface area contributed by atoms with Crippen LogP contribution in [0.2, 0.25) is 5.02 Å². The van der Waals surface area contributed by atoms with Gasteiger partial charge in [-0.3, -0.25) is 4.79 Å². The minimum absolute atomic E-state index is 0.214. The Hall–Kier alpha value is -0.580. The van der Waals surface area contributed by atoms with Crippen LogP contribution in [0.15, 0.2) is 22.7 Å². The number of rotatable bonds is 3. The molecule has 0 atom stereocenters. The largest absolute Gasteiger partial charge is 0.388 e. The van der Waals surface area contributed by atoms with E-state index in [1.165, 1.54) is 0 Å². The van der Waals surface area contributed by atoms with Crippen molar-refractivity contribution >= 4 is 33.4 Å². The number of carbonyl (C=O) groups excluding carboxylic acids is 1. The van der Waals surface area contributed by atoms with Crippen LogP contribution in [0, 0.1) is 0 Å². The van der Waals surface area contributed by atoms with Gasteiger partial charge in [-0.25, -0.2) is 0 Å². The third-order valence-electron chi connectivity index (χ3n) is 3.54. The van der Waals surface area contributed by atoms with Crippen LogP contribution < -0.4 is 5.32 Å². The number of aliphatic hydroxyl groups is 1. The fourth-order valence-corrected chi connectivity index (χ4v) is 3.00. The van der Waals surface area contributed by atoms with Crippen LogP contribution in [-0.4, -0.2) is 23.2 Å². The van der Waals surface area contributed by atoms with Crippen molar-refractivity contribution in [3.05, 3.63) is 33.3 Å². The Bertz CT molecular complexity index is 473. The van der Waals surface area contributed by atoms with Gasteiger partial charge in [0.05, 0.1) is 11.2 Å². The Morgan fingerprint density at radius 2 is 2.05 bits per heavy atom. The van der Waals surface area contributed by atoms with Crippen LogP contribution in [0.1, 0.15) is 42.5 Å². The number of hydrogen-bond acceptors (Lipinski definition) is 2. The first-order chi connectivity index (χ1) is 9.00. The van der Waals surface area contributed by atoms with Gasteiger partial charge >= 0.3 is 0 Å². The molecule has 0 aromatic heterocycles. The second-order valence-corrected chi connectivity index (χ2v) is 6.38. The number of halogens is 2. The molecule has 2 rings (SSSR count). The van der Waals surface area contributed by atoms with Crippen LogP contribution in [0.3, 0.4) is 0 Å². The van der Waals surface area contributed by atoms with Crippen LogP contribution in [0.25, 0.3) is 0 Å². The predicted molar refractivity (Wildman–Crippen MR) is 79.5 cm³/mol. The van der Waals surface area contributed by atoms with E-state index in [-0.39, 0.29) is 5.91 Å². The molecule has 0 heterocycles. The highest BCUT2D eigenvalue weighted by Gasteiger charge is 2.29. The summed E-state index contributed by atoms with van der Waals surface area (Å²) in [6, 6.07) is 5.08. The summed E-state index contributed by atoms with van der Waals surface area (Å²) in [6.07, 6.45) is 4.71. The van der Waals surface area contributed by atoms with Crippen LogP contribution in [0.5, 0.6) is 0 Å². The van der Waals surface area contributed by atoms with Gasteiger partial charge in [0.1, 0.15) is 0 Å². The van der Waals surface area contributed by atoms with Gasteiger partial charge in [0.15, 0.2) is 0 Å². The van der Waals surface area contributed by atoms with Gasteiger partial charge in [0.2, 0.25) is 0 Å². The average molecular weight is 347 g/mol. The summed E-state index contributed by atoms with van der Waals surface area (Å²) in [6.45, 7) is 0.296. The lowest BCUT2D eigenvalue weighted by Crippen LogP contribution is -2.44. The maximum atomic E-state index is 12.1. The highest BCUT2D eigenvalue weighted by molar-refractivity contribution is 9.10. The van der Waals surface area contributed by atoms with Gasteiger partial charge in [-0.05, 0) is 47.0 Å². The summed E-state index contributed by atoms with van der Waals surface area (Å²) in [4.78, 5) is 12.1. The second-order valence-electron chi connectivity index (χ2n) is 5.09. The molecule has 3 nitrogen and oxygen atoms in total. The topological polar surface area (TPSA) is 49.3 Å². The summed E-state index contributed by atoms with van der Waals surface area (Å²) >= 11 is 9.22. The van der Waals surface area contributed by atoms with Crippen molar-refractivity contribution in [2.24, 2.45) is 0 Å². The Balaban J connectivity index is 1.99. The molecule has 0 spiro atoms. The summed E-state index contributed by atoms with van der Waals surface area (Å²) in [5.41, 5.74) is -0.259. The number of hydrogen-bond donors (Lipinski definition) is 2. The van der Waals surface area contributed by atoms with E-state index in [1.54, 1.807) is 18.2 Å². The molecule has 0 aliphatic heterocycles. The maximum absolute atomic E-state index is 12.1. The molecule has 5 heteroatoms. The van der Waals surface area contributed by atoms with Crippen LogP contribution in [-0.2, 0) is 0 Å². The zero-order valence-electron chi connectivity index (χ0n) is 10.6. The average Bonchev–Trinajstić information content (AvgIpc) is 2.40. The molecule has 2 N–H and O–H groups in total. The first-order valence-corrected chi connectivity index (χ1v) is 7.63. The minimum Gasteiger partial charge on any atom is -0.388 e. The molecule has 19 heavy (non-hydrogen) atoms. The number of benzene rings is 1. The van der Waals surface area contributed by atoms with Gasteiger partial charge < -0.3 is 10.4 Å². The minimum atomic E-state index is -0.751. The first-order valence-electron chi connectivity index (χ1n) is 6.46. The zero-order valence-corrected chi connectivity index (χ0v) is 12.9. The number of amides is 1. The lowest BCUT2D eigenvalue weighted by molar-refractivity contribution is 0.00525. The molecular formula is C14H17BrClNO2. The van der Waals surface area contributed by atoms with Gasteiger partial charge in [-0.2, -0.15) is 0 Å². The highest BCUT2D eigenvalue weighted by Crippen LogP contribution is 2.27. The predicted octanol–water partition coefficient (Wildman–Crippen LogP) is 3.53. The molecular weight excluding hydrogens is 330 g/mol. The van der Waals surface area contributed by atoms with Gasteiger partial charge in [0.25, 0.3) is 5.91 Å². The van der Waals surface area contributed by atoms with Crippen LogP contribution in [0.4, 0.5) is 0 Å². The summed E-state index contributed by atoms with van der Waals surface area (Å²) in [5.74, 6) is -0.214. The summed E-state index contributed by atoms with van der Waals surface area (Å²) < 4.78 is 0.699. The van der Waals surface area contributed by atoms with Gasteiger partial charge in [0, 0.05) is 16.0 Å². The van der Waals surface area contributed by atoms with Crippen molar-refractivity contribution in [2.45, 2.75) is 37.7 Å². The van der Waals surface area contributed by atoms with Gasteiger partial charge in [-0.15, -0.1) is 0 Å². The Morgan fingerprint density at radius 1 is 1.37 bits per heavy atom. The summed E-state index contributed by atoms with van der Waals surface area (Å²) in [5, 5.41) is 13.7. The van der Waals surface area contributed by atoms with Crippen molar-refractivity contribution < 1.29 is 9.90 Å². The molecule has 1 aliphatic carbocycles. The smallest absolute Gasteiger partial charge is 0.252 e. The highest BCUT2D eigenvalue weighted by atomic mass is 79.9. The quantitative estimate of drug-likeness (QED) is 0.879. The lowest BCUT2D eigenvalue weighted by Gasteiger charge is -2.32. The van der Waals surface area contributed by atoms with E-state index in [9.17, 15) is 9.90 Å². The third-order valence-corrected chi connectivity index (χ3v) is 4.46. The molecule has 1 aromatic rings. The standard InChI is InChI=1S/C14H17BrClNO2/c15-12-5-4-10(16)8-11(12)13(18)17-9-14(19)6-2-1-3-7-14/h4-5,8,19H,1-3,6-7,9H2,(H,17,18). The fourth-order valence-electron chi connectivity index (χ4n) is 2.40. The van der Waals surface area contributed by atoms with E-state index in [4.69, 9.17) is 11.6 Å². The number of carbonyl (C=O) groups is 1. The molecule has 0 unspecified atom stereocenters. The van der Waals surface area contributed by atoms with E-state index in [2.05, 4.69) is 21.2 Å². The normalized spacial score (nSPS) is 18.1. The molecule has 0 bridgehead atoms. The van der Waals surface area contributed by atoms with E-state index in [1.807, 2.05) is 0 Å². The maximum Gasteiger partial charge on any atom is 0.252 e. The number of nitrogens with one attached hydrogen (secondary N) is 1. The van der Waals surface area contributed by atoms with Crippen LogP contribution >= 0.6 is 27.5 Å². The molecule has 1 aromatic carbocycles. The molecule has 0 radical (unpaired) electrons. The second kappa shape index (κ2) is 6.25. The first kappa shape index (κ1) is 14.8. The molecule has 1 fully saturated rings. The molecule has 104 valence electrons. The lowest BCUT2D eigenvalue weighted by atomic mass is 9.85. The zero-order chi connectivity index (χ0) is 13.9. The molecule has 1 amide bonds. The van der Waals surface area contributed by atoms with Crippen molar-refractivity contribution in [2.75, 3.05) is 6.54 Å². The van der Waals surface area contributed by atoms with Crippen molar-refractivity contribution in [3.8, 4) is 0 Å². The van der Waals surface area contributed by atoms with Crippen molar-refractivity contribution in [1.29, 1.82) is 0 Å². The summed E-state index contributed by atoms with van der Waals surface area (Å²) in [7, 11) is 0. The SMILES string of the molecule is O=C(NCC1(O)CCCCC1)c1cc(Cl)ccc1Br. The molecule has 1 aliphatic rings. The van der Waals surface area contributed by atoms with E-state index < -0.39 is 5.60 Å². The Labute approximate surface area is 126 Å². The van der Waals surface area contributed by atoms with Gasteiger partial charge in [-0.1, -0.05) is 30.9 Å². The van der Waals surface area contributed by atoms with Crippen molar-refractivity contribution in [1.82, 2.24) is 5.32 Å². The monoisotopic (exact) mass is 345 g/mol. The molecule has 1 saturated carbocycles. The fraction of sp³-hybridized carbons (Fsp3) is 0.500. The van der Waals surface area contributed by atoms with E-state index >= 15 is 0 Å². The molecule has 0 saturated heterocycles. The van der Waals surface area contributed by atoms with E-state index in [0.717, 1.165) is 32.1 Å². The Kier molecular flexibility index (Phi) is 4.87. The third kappa shape index (κ3) is 3.94. The van der Waals surface area contributed by atoms with E-state index in [0.29, 0.717) is 21.6 Å².